The lowest BCUT2D eigenvalue weighted by molar-refractivity contribution is 0.551. The number of nitrogens with one attached hydrogen (secondary N) is 1. The number of pyridine rings is 1. The second kappa shape index (κ2) is 6.35. The Labute approximate surface area is 132 Å². The average Bonchev–Trinajstić information content (AvgIpc) is 2.52. The van der Waals surface area contributed by atoms with Crippen molar-refractivity contribution in [3.63, 3.8) is 0 Å². The molecule has 0 radical (unpaired) electrons. The topological polar surface area (TPSA) is 50.9 Å². The van der Waals surface area contributed by atoms with Gasteiger partial charge < -0.3 is 0 Å². The number of hydrazine groups is 1. The minimum Gasteiger partial charge on any atom is -0.271 e. The smallest absolute Gasteiger partial charge is 0.0702 e. The lowest BCUT2D eigenvalue weighted by Gasteiger charge is -2.17. The van der Waals surface area contributed by atoms with Crippen molar-refractivity contribution in [1.29, 1.82) is 0 Å². The highest BCUT2D eigenvalue weighted by Crippen LogP contribution is 2.22. The molecule has 3 rings (SSSR count). The van der Waals surface area contributed by atoms with E-state index in [9.17, 15) is 0 Å². The Balaban J connectivity index is 1.90. The van der Waals surface area contributed by atoms with Crippen molar-refractivity contribution < 1.29 is 0 Å². The Kier molecular flexibility index (Phi) is 4.29. The monoisotopic (exact) mass is 341 g/mol. The quantitative estimate of drug-likeness (QED) is 0.561. The summed E-state index contributed by atoms with van der Waals surface area (Å²) in [6.45, 7) is 0. The highest BCUT2D eigenvalue weighted by molar-refractivity contribution is 9.10. The maximum Gasteiger partial charge on any atom is 0.0702 e. The van der Waals surface area contributed by atoms with E-state index in [1.54, 1.807) is 0 Å². The third kappa shape index (κ3) is 3.29. The molecule has 2 aromatic carbocycles. The molecule has 0 aliphatic rings. The Morgan fingerprint density at radius 2 is 1.95 bits per heavy atom. The van der Waals surface area contributed by atoms with Gasteiger partial charge in [0.2, 0.25) is 0 Å². The highest BCUT2D eigenvalue weighted by atomic mass is 79.9. The van der Waals surface area contributed by atoms with Gasteiger partial charge in [0, 0.05) is 16.1 Å². The van der Waals surface area contributed by atoms with Crippen molar-refractivity contribution >= 4 is 26.8 Å². The van der Waals surface area contributed by atoms with E-state index < -0.39 is 0 Å². The molecule has 0 aliphatic heterocycles. The molecule has 0 spiro atoms. The summed E-state index contributed by atoms with van der Waals surface area (Å²) in [5.41, 5.74) is 6.21. The van der Waals surface area contributed by atoms with Crippen LogP contribution in [0.2, 0.25) is 0 Å². The summed E-state index contributed by atoms with van der Waals surface area (Å²) in [4.78, 5) is 4.50. The molecule has 0 fully saturated rings. The van der Waals surface area contributed by atoms with Gasteiger partial charge in [-0.25, -0.2) is 0 Å². The van der Waals surface area contributed by atoms with Gasteiger partial charge in [0.05, 0.1) is 11.6 Å². The Bertz CT molecular complexity index is 758. The first-order valence-corrected chi connectivity index (χ1v) is 7.61. The van der Waals surface area contributed by atoms with Crippen LogP contribution < -0.4 is 11.3 Å². The fourth-order valence-corrected chi connectivity index (χ4v) is 2.90. The van der Waals surface area contributed by atoms with E-state index in [2.05, 4.69) is 50.6 Å². The van der Waals surface area contributed by atoms with Gasteiger partial charge in [-0.05, 0) is 41.8 Å². The van der Waals surface area contributed by atoms with Gasteiger partial charge in [-0.15, -0.1) is 0 Å². The molecule has 1 aromatic heterocycles. The van der Waals surface area contributed by atoms with E-state index in [0.29, 0.717) is 0 Å². The lowest BCUT2D eigenvalue weighted by atomic mass is 9.99. The molecule has 0 amide bonds. The van der Waals surface area contributed by atoms with Crippen LogP contribution in [0.3, 0.4) is 0 Å². The second-order valence-corrected chi connectivity index (χ2v) is 5.93. The van der Waals surface area contributed by atoms with Gasteiger partial charge >= 0.3 is 0 Å². The molecule has 3 aromatic rings. The van der Waals surface area contributed by atoms with Gasteiger partial charge in [0.1, 0.15) is 0 Å². The van der Waals surface area contributed by atoms with Crippen LogP contribution in [-0.4, -0.2) is 4.98 Å². The molecule has 0 saturated carbocycles. The number of nitrogens with two attached hydrogens (primary N) is 1. The molecule has 4 heteroatoms. The van der Waals surface area contributed by atoms with Crippen molar-refractivity contribution in [2.75, 3.05) is 0 Å². The van der Waals surface area contributed by atoms with Gasteiger partial charge in [0.25, 0.3) is 0 Å². The number of rotatable bonds is 4. The van der Waals surface area contributed by atoms with Gasteiger partial charge in [-0.3, -0.25) is 16.3 Å². The fourth-order valence-electron chi connectivity index (χ4n) is 2.45. The molecule has 3 nitrogen and oxygen atoms in total. The van der Waals surface area contributed by atoms with Crippen molar-refractivity contribution in [3.8, 4) is 0 Å². The zero-order chi connectivity index (χ0) is 14.7. The number of para-hydroxylation sites is 1. The molecule has 0 aliphatic carbocycles. The first kappa shape index (κ1) is 14.2. The Hall–Kier alpha value is -1.75. The molecule has 0 saturated heterocycles. The number of hydrogen-bond acceptors (Lipinski definition) is 3. The SMILES string of the molecule is NNC(Cc1cccc(Br)c1)c1cnc2ccccc2c1. The molecule has 1 atom stereocenters. The summed E-state index contributed by atoms with van der Waals surface area (Å²) in [5.74, 6) is 5.75. The van der Waals surface area contributed by atoms with E-state index in [-0.39, 0.29) is 6.04 Å². The third-order valence-electron chi connectivity index (χ3n) is 3.54. The molecule has 21 heavy (non-hydrogen) atoms. The summed E-state index contributed by atoms with van der Waals surface area (Å²) in [6.07, 6.45) is 2.71. The van der Waals surface area contributed by atoms with Crippen molar-refractivity contribution in [2.24, 2.45) is 5.84 Å². The number of nitrogens with zero attached hydrogens (tertiary/aromatic N) is 1. The minimum atomic E-state index is 0.0383. The van der Waals surface area contributed by atoms with Crippen LogP contribution >= 0.6 is 15.9 Å². The first-order valence-electron chi connectivity index (χ1n) is 6.81. The number of benzene rings is 2. The fraction of sp³-hybridized carbons (Fsp3) is 0.118. The predicted molar refractivity (Wildman–Crippen MR) is 89.7 cm³/mol. The third-order valence-corrected chi connectivity index (χ3v) is 4.04. The predicted octanol–water partition coefficient (Wildman–Crippen LogP) is 3.74. The lowest BCUT2D eigenvalue weighted by Crippen LogP contribution is -2.29. The summed E-state index contributed by atoms with van der Waals surface area (Å²) in [7, 11) is 0. The molecule has 0 bridgehead atoms. The zero-order valence-corrected chi connectivity index (χ0v) is 13.0. The molecule has 106 valence electrons. The molecule has 3 N–H and O–H groups in total. The van der Waals surface area contributed by atoms with Crippen molar-refractivity contribution in [1.82, 2.24) is 10.4 Å². The van der Waals surface area contributed by atoms with E-state index >= 15 is 0 Å². The second-order valence-electron chi connectivity index (χ2n) is 5.01. The zero-order valence-electron chi connectivity index (χ0n) is 11.5. The molecule has 1 unspecified atom stereocenters. The summed E-state index contributed by atoms with van der Waals surface area (Å²) in [5, 5.41) is 1.13. The van der Waals surface area contributed by atoms with Crippen LogP contribution in [0.4, 0.5) is 0 Å². The number of hydrogen-bond donors (Lipinski definition) is 2. The maximum atomic E-state index is 5.75. The van der Waals surface area contributed by atoms with Crippen LogP contribution in [0, 0.1) is 0 Å². The van der Waals surface area contributed by atoms with E-state index in [1.807, 2.05) is 36.5 Å². The minimum absolute atomic E-state index is 0.0383. The van der Waals surface area contributed by atoms with E-state index in [1.165, 1.54) is 5.56 Å². The average molecular weight is 342 g/mol. The molecular weight excluding hydrogens is 326 g/mol. The summed E-state index contributed by atoms with van der Waals surface area (Å²) < 4.78 is 1.08. The largest absolute Gasteiger partial charge is 0.271 e. The Morgan fingerprint density at radius 1 is 1.10 bits per heavy atom. The normalized spacial score (nSPS) is 12.5. The van der Waals surface area contributed by atoms with Crippen LogP contribution in [0.15, 0.2) is 65.3 Å². The van der Waals surface area contributed by atoms with E-state index in [4.69, 9.17) is 5.84 Å². The Morgan fingerprint density at radius 3 is 2.76 bits per heavy atom. The molecular formula is C17H16BrN3. The van der Waals surface area contributed by atoms with Gasteiger partial charge in [0.15, 0.2) is 0 Å². The van der Waals surface area contributed by atoms with Crippen LogP contribution in [0.5, 0.6) is 0 Å². The number of aromatic nitrogens is 1. The summed E-state index contributed by atoms with van der Waals surface area (Å²) >= 11 is 3.50. The van der Waals surface area contributed by atoms with Crippen molar-refractivity contribution in [2.45, 2.75) is 12.5 Å². The molecule has 1 heterocycles. The first-order chi connectivity index (χ1) is 10.3. The van der Waals surface area contributed by atoms with E-state index in [0.717, 1.165) is 27.4 Å². The van der Waals surface area contributed by atoms with Crippen molar-refractivity contribution in [3.05, 3.63) is 76.4 Å². The van der Waals surface area contributed by atoms with Crippen LogP contribution in [0.1, 0.15) is 17.2 Å². The van der Waals surface area contributed by atoms with Gasteiger partial charge in [-0.1, -0.05) is 46.3 Å². The van der Waals surface area contributed by atoms with Crippen LogP contribution in [0.25, 0.3) is 10.9 Å². The van der Waals surface area contributed by atoms with Crippen LogP contribution in [-0.2, 0) is 6.42 Å². The van der Waals surface area contributed by atoms with Gasteiger partial charge in [-0.2, -0.15) is 0 Å². The standard InChI is InChI=1S/C17H16BrN3/c18-15-6-3-4-12(8-15)9-17(21-19)14-10-13-5-1-2-7-16(13)20-11-14/h1-8,10-11,17,21H,9,19H2. The highest BCUT2D eigenvalue weighted by Gasteiger charge is 2.12. The number of fused-ring (bicyclic) bond motifs is 1. The summed E-state index contributed by atoms with van der Waals surface area (Å²) in [6, 6.07) is 18.5. The number of halogens is 1. The maximum absolute atomic E-state index is 5.75.